The van der Waals surface area contributed by atoms with Crippen molar-refractivity contribution in [1.82, 2.24) is 15.1 Å². The highest BCUT2D eigenvalue weighted by Gasteiger charge is 2.45. The molecule has 1 aliphatic carbocycles. The molecule has 1 unspecified atom stereocenters. The molecule has 1 aromatic carbocycles. The highest BCUT2D eigenvalue weighted by Crippen LogP contribution is 2.49. The van der Waals surface area contributed by atoms with Crippen molar-refractivity contribution in [2.75, 3.05) is 53.0 Å². The molecule has 0 spiro atoms. The maximum Gasteiger partial charge on any atom is 0.193 e. The third-order valence-corrected chi connectivity index (χ3v) is 6.81. The van der Waals surface area contributed by atoms with Gasteiger partial charge in [-0.1, -0.05) is 34.1 Å². The topological polar surface area (TPSA) is 40.1 Å². The van der Waals surface area contributed by atoms with Crippen LogP contribution in [0.3, 0.4) is 0 Å². The number of morpholine rings is 1. The van der Waals surface area contributed by atoms with Gasteiger partial charge in [-0.2, -0.15) is 0 Å². The lowest BCUT2D eigenvalue weighted by Gasteiger charge is -2.32. The van der Waals surface area contributed by atoms with Crippen LogP contribution in [0.5, 0.6) is 0 Å². The Balaban J connectivity index is 1.35. The lowest BCUT2D eigenvalue weighted by Crippen LogP contribution is -2.47. The minimum absolute atomic E-state index is 0.263. The number of hydrogen-bond acceptors (Lipinski definition) is 3. The van der Waals surface area contributed by atoms with Gasteiger partial charge in [0.25, 0.3) is 0 Å². The van der Waals surface area contributed by atoms with Crippen LogP contribution in [-0.4, -0.2) is 74.8 Å². The van der Waals surface area contributed by atoms with Crippen LogP contribution < -0.4 is 5.32 Å². The third-order valence-electron chi connectivity index (χ3n) is 6.12. The average Bonchev–Trinajstić information content (AvgIpc) is 3.30. The number of guanidine groups is 1. The summed E-state index contributed by atoms with van der Waals surface area (Å²) < 4.78 is 6.72. The Morgan fingerprint density at radius 1 is 1.27 bits per heavy atom. The van der Waals surface area contributed by atoms with E-state index in [1.165, 1.54) is 29.3 Å². The number of aliphatic imine (C=N–C) groups is 1. The Bertz CT molecular complexity index is 655. The van der Waals surface area contributed by atoms with Crippen molar-refractivity contribution in [3.63, 3.8) is 0 Å². The second kappa shape index (κ2) is 7.87. The molecule has 1 atom stereocenters. The molecule has 26 heavy (non-hydrogen) atoms. The standard InChI is InChI=1S/C20H29BrN4O/c1-22-19(25-9-6-16(14-25)24-10-12-26-13-11-24)23-15-20(7-8-20)17-4-2-3-5-18(17)21/h2-5,16H,6-15H2,1H3,(H,22,23). The van der Waals surface area contributed by atoms with Crippen LogP contribution in [0.1, 0.15) is 24.8 Å². The summed E-state index contributed by atoms with van der Waals surface area (Å²) in [6.07, 6.45) is 3.71. The van der Waals surface area contributed by atoms with E-state index in [-0.39, 0.29) is 5.41 Å². The first-order valence-electron chi connectivity index (χ1n) is 9.74. The van der Waals surface area contributed by atoms with Crippen molar-refractivity contribution in [2.45, 2.75) is 30.7 Å². The SMILES string of the molecule is CN=C(NCC1(c2ccccc2Br)CC1)N1CCC(N2CCOCC2)C1. The van der Waals surface area contributed by atoms with Gasteiger partial charge in [-0.3, -0.25) is 9.89 Å². The van der Waals surface area contributed by atoms with Gasteiger partial charge in [-0.15, -0.1) is 0 Å². The molecule has 1 N–H and O–H groups in total. The number of nitrogens with one attached hydrogen (secondary N) is 1. The quantitative estimate of drug-likeness (QED) is 0.599. The van der Waals surface area contributed by atoms with Gasteiger partial charge in [0, 0.05) is 55.7 Å². The van der Waals surface area contributed by atoms with Crippen LogP contribution in [0.4, 0.5) is 0 Å². The van der Waals surface area contributed by atoms with Crippen molar-refractivity contribution in [1.29, 1.82) is 0 Å². The normalized spacial score (nSPS) is 26.2. The van der Waals surface area contributed by atoms with Gasteiger partial charge in [-0.05, 0) is 30.9 Å². The lowest BCUT2D eigenvalue weighted by molar-refractivity contribution is 0.0195. The summed E-state index contributed by atoms with van der Waals surface area (Å²) in [6.45, 7) is 6.99. The molecule has 2 aliphatic heterocycles. The summed E-state index contributed by atoms with van der Waals surface area (Å²) in [6, 6.07) is 9.27. The monoisotopic (exact) mass is 420 g/mol. The fourth-order valence-electron chi connectivity index (χ4n) is 4.34. The van der Waals surface area contributed by atoms with Gasteiger partial charge in [0.2, 0.25) is 0 Å². The lowest BCUT2D eigenvalue weighted by atomic mass is 9.96. The van der Waals surface area contributed by atoms with Crippen LogP contribution in [0.2, 0.25) is 0 Å². The molecule has 0 radical (unpaired) electrons. The predicted octanol–water partition coefficient (Wildman–Crippen LogP) is 2.46. The van der Waals surface area contributed by atoms with Gasteiger partial charge in [-0.25, -0.2) is 0 Å². The van der Waals surface area contributed by atoms with Crippen LogP contribution in [-0.2, 0) is 10.2 Å². The van der Waals surface area contributed by atoms with Crippen molar-refractivity contribution in [3.05, 3.63) is 34.3 Å². The molecule has 3 aliphatic rings. The summed E-state index contributed by atoms with van der Waals surface area (Å²) in [7, 11) is 1.91. The molecule has 5 nitrogen and oxygen atoms in total. The third kappa shape index (κ3) is 3.78. The van der Waals surface area contributed by atoms with Crippen molar-refractivity contribution < 1.29 is 4.74 Å². The minimum atomic E-state index is 0.263. The Kier molecular flexibility index (Phi) is 5.53. The van der Waals surface area contributed by atoms with E-state index >= 15 is 0 Å². The molecule has 142 valence electrons. The van der Waals surface area contributed by atoms with E-state index in [4.69, 9.17) is 4.74 Å². The number of nitrogens with zero attached hydrogens (tertiary/aromatic N) is 3. The zero-order valence-corrected chi connectivity index (χ0v) is 17.2. The molecule has 0 aromatic heterocycles. The fourth-order valence-corrected chi connectivity index (χ4v) is 5.04. The Morgan fingerprint density at radius 3 is 2.73 bits per heavy atom. The molecule has 0 amide bonds. The van der Waals surface area contributed by atoms with Crippen LogP contribution in [0.25, 0.3) is 0 Å². The van der Waals surface area contributed by atoms with Crippen LogP contribution >= 0.6 is 15.9 Å². The summed E-state index contributed by atoms with van der Waals surface area (Å²) in [5.74, 6) is 1.05. The fraction of sp³-hybridized carbons (Fsp3) is 0.650. The molecule has 3 fully saturated rings. The smallest absolute Gasteiger partial charge is 0.193 e. The van der Waals surface area contributed by atoms with Crippen LogP contribution in [0.15, 0.2) is 33.7 Å². The molecule has 0 bridgehead atoms. The Labute approximate surface area is 164 Å². The number of ether oxygens (including phenoxy) is 1. The maximum absolute atomic E-state index is 5.49. The van der Waals surface area contributed by atoms with Gasteiger partial charge in [0.15, 0.2) is 5.96 Å². The highest BCUT2D eigenvalue weighted by molar-refractivity contribution is 9.10. The second-order valence-corrected chi connectivity index (χ2v) is 8.55. The summed E-state index contributed by atoms with van der Waals surface area (Å²) in [5.41, 5.74) is 1.69. The summed E-state index contributed by atoms with van der Waals surface area (Å²) >= 11 is 3.73. The molecule has 2 saturated heterocycles. The van der Waals surface area contributed by atoms with E-state index in [0.717, 1.165) is 51.9 Å². The average molecular weight is 421 g/mol. The largest absolute Gasteiger partial charge is 0.379 e. The van der Waals surface area contributed by atoms with Crippen molar-refractivity contribution >= 4 is 21.9 Å². The number of halogens is 1. The summed E-state index contributed by atoms with van der Waals surface area (Å²) in [4.78, 5) is 9.58. The second-order valence-electron chi connectivity index (χ2n) is 7.70. The highest BCUT2D eigenvalue weighted by atomic mass is 79.9. The molecule has 6 heteroatoms. The summed E-state index contributed by atoms with van der Waals surface area (Å²) in [5, 5.41) is 3.68. The van der Waals surface area contributed by atoms with Crippen molar-refractivity contribution in [2.24, 2.45) is 4.99 Å². The maximum atomic E-state index is 5.49. The van der Waals surface area contributed by atoms with Gasteiger partial charge in [0.1, 0.15) is 0 Å². The number of benzene rings is 1. The zero-order chi connectivity index (χ0) is 18.0. The van der Waals surface area contributed by atoms with Crippen LogP contribution in [0, 0.1) is 0 Å². The Morgan fingerprint density at radius 2 is 2.04 bits per heavy atom. The van der Waals surface area contributed by atoms with E-state index in [9.17, 15) is 0 Å². The minimum Gasteiger partial charge on any atom is -0.379 e. The van der Waals surface area contributed by atoms with Gasteiger partial charge < -0.3 is 15.0 Å². The van der Waals surface area contributed by atoms with E-state index < -0.39 is 0 Å². The zero-order valence-electron chi connectivity index (χ0n) is 15.6. The molecule has 4 rings (SSSR count). The Hall–Kier alpha value is -1.11. The first kappa shape index (κ1) is 18.3. The molecule has 1 saturated carbocycles. The first-order chi connectivity index (χ1) is 12.7. The van der Waals surface area contributed by atoms with E-state index in [1.807, 2.05) is 7.05 Å². The van der Waals surface area contributed by atoms with E-state index in [1.54, 1.807) is 0 Å². The molecular formula is C20H29BrN4O. The molecule has 1 aromatic rings. The number of hydrogen-bond donors (Lipinski definition) is 1. The van der Waals surface area contributed by atoms with Gasteiger partial charge >= 0.3 is 0 Å². The number of likely N-dealkylation sites (tertiary alicyclic amines) is 1. The number of rotatable bonds is 4. The van der Waals surface area contributed by atoms with E-state index in [0.29, 0.717) is 6.04 Å². The first-order valence-corrected chi connectivity index (χ1v) is 10.5. The predicted molar refractivity (Wildman–Crippen MR) is 109 cm³/mol. The van der Waals surface area contributed by atoms with Crippen molar-refractivity contribution in [3.8, 4) is 0 Å². The van der Waals surface area contributed by atoms with E-state index in [2.05, 4.69) is 60.3 Å². The molecular weight excluding hydrogens is 392 g/mol. The molecule has 2 heterocycles. The van der Waals surface area contributed by atoms with Gasteiger partial charge in [0.05, 0.1) is 13.2 Å².